The first-order chi connectivity index (χ1) is 12.7. The number of aromatic nitrogens is 2. The highest BCUT2D eigenvalue weighted by molar-refractivity contribution is 6.30. The van der Waals surface area contributed by atoms with Crippen LogP contribution in [0.4, 0.5) is 0 Å². The largest absolute Gasteiger partial charge is 0.350 e. The summed E-state index contributed by atoms with van der Waals surface area (Å²) in [6.45, 7) is 4.74. The number of rotatable bonds is 7. The number of nitrogens with zero attached hydrogens (tertiary/aromatic N) is 3. The zero-order valence-electron chi connectivity index (χ0n) is 15.1. The summed E-state index contributed by atoms with van der Waals surface area (Å²) in [4.78, 5) is 23.4. The van der Waals surface area contributed by atoms with Crippen molar-refractivity contribution in [3.8, 4) is 0 Å². The third-order valence-corrected chi connectivity index (χ3v) is 5.07. The molecule has 1 saturated heterocycles. The summed E-state index contributed by atoms with van der Waals surface area (Å²) < 4.78 is 0. The van der Waals surface area contributed by atoms with Crippen LogP contribution in [0.1, 0.15) is 53.8 Å². The van der Waals surface area contributed by atoms with Crippen LogP contribution in [-0.2, 0) is 6.42 Å². The van der Waals surface area contributed by atoms with Gasteiger partial charge in [0.2, 0.25) is 0 Å². The monoisotopic (exact) mass is 372 g/mol. The molecule has 5 nitrogen and oxygen atoms in total. The Morgan fingerprint density at radius 3 is 2.69 bits per heavy atom. The molecule has 1 aliphatic rings. The molecule has 0 aliphatic carbocycles. The van der Waals surface area contributed by atoms with E-state index in [0.29, 0.717) is 12.1 Å². The van der Waals surface area contributed by atoms with Crippen LogP contribution in [0.25, 0.3) is 0 Å². The van der Waals surface area contributed by atoms with Crippen LogP contribution in [0.5, 0.6) is 0 Å². The molecule has 0 bridgehead atoms. The van der Waals surface area contributed by atoms with E-state index in [4.69, 9.17) is 11.6 Å². The molecule has 1 aliphatic heterocycles. The van der Waals surface area contributed by atoms with E-state index in [-0.39, 0.29) is 11.9 Å². The molecule has 0 spiro atoms. The number of benzene rings is 1. The molecule has 1 aromatic heterocycles. The number of carbonyl (C=O) groups excluding carboxylic acids is 1. The zero-order chi connectivity index (χ0) is 18.4. The molecule has 1 fully saturated rings. The summed E-state index contributed by atoms with van der Waals surface area (Å²) in [6, 6.07) is 8.06. The van der Waals surface area contributed by atoms with Crippen molar-refractivity contribution in [3.63, 3.8) is 0 Å². The van der Waals surface area contributed by atoms with Gasteiger partial charge in [-0.25, -0.2) is 9.97 Å². The molecule has 1 unspecified atom stereocenters. The van der Waals surface area contributed by atoms with E-state index < -0.39 is 0 Å². The van der Waals surface area contributed by atoms with Crippen molar-refractivity contribution < 1.29 is 4.79 Å². The van der Waals surface area contributed by atoms with E-state index in [9.17, 15) is 4.79 Å². The fraction of sp³-hybridized carbons (Fsp3) is 0.450. The standard InChI is InChI=1S/C20H25ClN4O/c1-2-5-18-17(12-22-14-24-18)20(26)23-13-19(25-10-3-4-11-25)15-6-8-16(21)9-7-15/h6-9,12,14,19H,2-5,10-11,13H2,1H3,(H,23,26). The predicted octanol–water partition coefficient (Wildman–Crippen LogP) is 3.65. The Hall–Kier alpha value is -1.98. The molecule has 0 radical (unpaired) electrons. The SMILES string of the molecule is CCCc1ncncc1C(=O)NCC(c1ccc(Cl)cc1)N1CCCC1. The van der Waals surface area contributed by atoms with E-state index in [1.807, 2.05) is 24.3 Å². The van der Waals surface area contributed by atoms with Gasteiger partial charge in [-0.15, -0.1) is 0 Å². The molecule has 138 valence electrons. The topological polar surface area (TPSA) is 58.1 Å². The molecule has 2 aromatic rings. The summed E-state index contributed by atoms with van der Waals surface area (Å²) in [6.07, 6.45) is 7.23. The zero-order valence-corrected chi connectivity index (χ0v) is 15.9. The Morgan fingerprint density at radius 1 is 1.27 bits per heavy atom. The minimum Gasteiger partial charge on any atom is -0.350 e. The smallest absolute Gasteiger partial charge is 0.254 e. The van der Waals surface area contributed by atoms with Crippen LogP contribution < -0.4 is 5.32 Å². The van der Waals surface area contributed by atoms with E-state index in [1.165, 1.54) is 24.7 Å². The molecule has 3 rings (SSSR count). The molecular formula is C20H25ClN4O. The van der Waals surface area contributed by atoms with E-state index >= 15 is 0 Å². The average Bonchev–Trinajstić information content (AvgIpc) is 3.18. The number of carbonyl (C=O) groups is 1. The lowest BCUT2D eigenvalue weighted by Crippen LogP contribution is -2.37. The van der Waals surface area contributed by atoms with Gasteiger partial charge in [-0.05, 0) is 50.0 Å². The number of amides is 1. The molecule has 6 heteroatoms. The number of halogens is 1. The van der Waals surface area contributed by atoms with Crippen molar-refractivity contribution in [1.82, 2.24) is 20.2 Å². The van der Waals surface area contributed by atoms with Crippen molar-refractivity contribution in [1.29, 1.82) is 0 Å². The van der Waals surface area contributed by atoms with Gasteiger partial charge in [0.25, 0.3) is 5.91 Å². The fourth-order valence-corrected chi connectivity index (χ4v) is 3.59. The first-order valence-electron chi connectivity index (χ1n) is 9.25. The minimum absolute atomic E-state index is 0.104. The van der Waals surface area contributed by atoms with Gasteiger partial charge < -0.3 is 5.32 Å². The first kappa shape index (κ1) is 18.8. The van der Waals surface area contributed by atoms with Crippen LogP contribution in [0.3, 0.4) is 0 Å². The highest BCUT2D eigenvalue weighted by atomic mass is 35.5. The summed E-state index contributed by atoms with van der Waals surface area (Å²) in [5.41, 5.74) is 2.56. The average molecular weight is 373 g/mol. The summed E-state index contributed by atoms with van der Waals surface area (Å²) in [5.74, 6) is -0.104. The van der Waals surface area contributed by atoms with Crippen molar-refractivity contribution in [3.05, 3.63) is 58.6 Å². The van der Waals surface area contributed by atoms with Crippen molar-refractivity contribution in [2.24, 2.45) is 0 Å². The Bertz CT molecular complexity index is 729. The second-order valence-electron chi connectivity index (χ2n) is 6.65. The van der Waals surface area contributed by atoms with Gasteiger partial charge in [-0.2, -0.15) is 0 Å². The maximum Gasteiger partial charge on any atom is 0.254 e. The molecule has 1 N–H and O–H groups in total. The van der Waals surface area contributed by atoms with Gasteiger partial charge >= 0.3 is 0 Å². The number of likely N-dealkylation sites (tertiary alicyclic amines) is 1. The minimum atomic E-state index is -0.104. The third kappa shape index (κ3) is 4.59. The lowest BCUT2D eigenvalue weighted by molar-refractivity contribution is 0.0936. The molecule has 0 saturated carbocycles. The molecule has 1 amide bonds. The second kappa shape index (κ2) is 9.10. The molecular weight excluding hydrogens is 348 g/mol. The lowest BCUT2D eigenvalue weighted by Gasteiger charge is -2.28. The summed E-state index contributed by atoms with van der Waals surface area (Å²) in [7, 11) is 0. The van der Waals surface area contributed by atoms with E-state index in [2.05, 4.69) is 27.1 Å². The lowest BCUT2D eigenvalue weighted by atomic mass is 10.0. The summed E-state index contributed by atoms with van der Waals surface area (Å²) >= 11 is 6.03. The fourth-order valence-electron chi connectivity index (χ4n) is 3.46. The van der Waals surface area contributed by atoms with Gasteiger partial charge in [0.1, 0.15) is 6.33 Å². The highest BCUT2D eigenvalue weighted by Gasteiger charge is 2.24. The highest BCUT2D eigenvalue weighted by Crippen LogP contribution is 2.26. The van der Waals surface area contributed by atoms with Crippen LogP contribution in [0.15, 0.2) is 36.8 Å². The number of hydrogen-bond donors (Lipinski definition) is 1. The van der Waals surface area contributed by atoms with Crippen molar-refractivity contribution in [2.45, 2.75) is 38.6 Å². The van der Waals surface area contributed by atoms with Gasteiger partial charge in [0, 0.05) is 17.8 Å². The molecule has 26 heavy (non-hydrogen) atoms. The molecule has 1 atom stereocenters. The normalized spacial score (nSPS) is 15.8. The van der Waals surface area contributed by atoms with Gasteiger partial charge in [0.05, 0.1) is 17.3 Å². The number of hydrogen-bond acceptors (Lipinski definition) is 4. The predicted molar refractivity (Wildman–Crippen MR) is 103 cm³/mol. The number of nitrogens with one attached hydrogen (secondary N) is 1. The van der Waals surface area contributed by atoms with Gasteiger partial charge in [0.15, 0.2) is 0 Å². The molecule has 1 aromatic carbocycles. The van der Waals surface area contributed by atoms with Crippen molar-refractivity contribution in [2.75, 3.05) is 19.6 Å². The summed E-state index contributed by atoms with van der Waals surface area (Å²) in [5, 5.41) is 3.82. The van der Waals surface area contributed by atoms with Gasteiger partial charge in [-0.1, -0.05) is 37.1 Å². The molecule has 2 heterocycles. The first-order valence-corrected chi connectivity index (χ1v) is 9.63. The van der Waals surface area contributed by atoms with E-state index in [1.54, 1.807) is 6.20 Å². The Morgan fingerprint density at radius 2 is 2.00 bits per heavy atom. The Kier molecular flexibility index (Phi) is 6.58. The third-order valence-electron chi connectivity index (χ3n) is 4.82. The van der Waals surface area contributed by atoms with Crippen LogP contribution >= 0.6 is 11.6 Å². The van der Waals surface area contributed by atoms with Crippen LogP contribution in [0.2, 0.25) is 5.02 Å². The maximum atomic E-state index is 12.7. The van der Waals surface area contributed by atoms with Crippen LogP contribution in [0, 0.1) is 0 Å². The van der Waals surface area contributed by atoms with Crippen molar-refractivity contribution >= 4 is 17.5 Å². The Labute approximate surface area is 159 Å². The quantitative estimate of drug-likeness (QED) is 0.806. The van der Waals surface area contributed by atoms with E-state index in [0.717, 1.165) is 36.6 Å². The Balaban J connectivity index is 1.73. The van der Waals surface area contributed by atoms with Crippen LogP contribution in [-0.4, -0.2) is 40.4 Å². The van der Waals surface area contributed by atoms with Gasteiger partial charge in [-0.3, -0.25) is 9.69 Å². The number of aryl methyl sites for hydroxylation is 1. The second-order valence-corrected chi connectivity index (χ2v) is 7.09. The maximum absolute atomic E-state index is 12.7.